The first kappa shape index (κ1) is 17.6. The summed E-state index contributed by atoms with van der Waals surface area (Å²) >= 11 is 1.33. The van der Waals surface area contributed by atoms with Gasteiger partial charge in [0.2, 0.25) is 17.0 Å². The molecule has 25 heavy (non-hydrogen) atoms. The number of hydrogen-bond donors (Lipinski definition) is 1. The third-order valence-corrected chi connectivity index (χ3v) is 4.96. The topological polar surface area (TPSA) is 96.4 Å². The maximum absolute atomic E-state index is 12.2. The number of carbonyl (C=O) groups is 1. The minimum atomic E-state index is -0.128. The Bertz CT molecular complexity index is 688. The van der Waals surface area contributed by atoms with Crippen LogP contribution in [-0.2, 0) is 9.53 Å². The zero-order valence-electron chi connectivity index (χ0n) is 14.3. The molecule has 1 atom stereocenters. The highest BCUT2D eigenvalue weighted by Gasteiger charge is 2.21. The molecule has 2 aromatic rings. The molecular weight excluding hydrogens is 342 g/mol. The van der Waals surface area contributed by atoms with E-state index >= 15 is 0 Å². The molecule has 1 aliphatic rings. The lowest BCUT2D eigenvalue weighted by atomic mass is 10.3. The van der Waals surface area contributed by atoms with E-state index in [2.05, 4.69) is 35.3 Å². The number of anilines is 2. The zero-order chi connectivity index (χ0) is 17.6. The van der Waals surface area contributed by atoms with Gasteiger partial charge in [-0.3, -0.25) is 15.0 Å². The lowest BCUT2D eigenvalue weighted by Crippen LogP contribution is -2.49. The summed E-state index contributed by atoms with van der Waals surface area (Å²) in [6.07, 6.45) is 3.35. The van der Waals surface area contributed by atoms with Crippen LogP contribution in [0.4, 0.5) is 11.1 Å². The molecule has 0 aliphatic carbocycles. The van der Waals surface area contributed by atoms with E-state index in [1.54, 1.807) is 25.6 Å². The van der Waals surface area contributed by atoms with Crippen LogP contribution in [0.2, 0.25) is 0 Å². The Kier molecular flexibility index (Phi) is 5.84. The molecule has 0 radical (unpaired) electrons. The first-order chi connectivity index (χ1) is 12.2. The zero-order valence-corrected chi connectivity index (χ0v) is 15.1. The molecule has 2 aromatic heterocycles. The maximum Gasteiger partial charge on any atom is 0.240 e. The Morgan fingerprint density at radius 2 is 2.00 bits per heavy atom. The molecule has 1 unspecified atom stereocenters. The number of piperazine rings is 1. The van der Waals surface area contributed by atoms with Crippen molar-refractivity contribution in [2.45, 2.75) is 13.0 Å². The third kappa shape index (κ3) is 4.68. The predicted octanol–water partition coefficient (Wildman–Crippen LogP) is 0.796. The Hall–Kier alpha value is -2.17. The van der Waals surface area contributed by atoms with Gasteiger partial charge in [0.05, 0.1) is 6.54 Å². The molecule has 0 bridgehead atoms. The molecule has 134 valence electrons. The molecule has 1 fully saturated rings. The predicted molar refractivity (Wildman–Crippen MR) is 94.6 cm³/mol. The van der Waals surface area contributed by atoms with Crippen LogP contribution in [-0.4, -0.2) is 70.8 Å². The van der Waals surface area contributed by atoms with E-state index in [0.717, 1.165) is 37.1 Å². The summed E-state index contributed by atoms with van der Waals surface area (Å²) in [6.45, 7) is 5.39. The fourth-order valence-electron chi connectivity index (χ4n) is 2.47. The second kappa shape index (κ2) is 8.28. The molecule has 0 spiro atoms. The molecule has 0 aromatic carbocycles. The molecule has 1 saturated heterocycles. The van der Waals surface area contributed by atoms with E-state index in [0.29, 0.717) is 11.7 Å². The standard InChI is InChI=1S/C15H21N7O2S/c1-11(24-2)13-19-20-15(25-13)18-12(23)10-21-6-8-22(9-7-21)14-16-4-3-5-17-14/h3-5,11H,6-10H2,1-2H3,(H,18,20,23). The van der Waals surface area contributed by atoms with Crippen molar-refractivity contribution in [1.82, 2.24) is 25.1 Å². The monoisotopic (exact) mass is 363 g/mol. The number of amides is 1. The SMILES string of the molecule is COC(C)c1nnc(NC(=O)CN2CCN(c3ncccn3)CC2)s1. The molecule has 3 heterocycles. The van der Waals surface area contributed by atoms with Crippen molar-refractivity contribution in [3.8, 4) is 0 Å². The number of aromatic nitrogens is 4. The van der Waals surface area contributed by atoms with Gasteiger partial charge >= 0.3 is 0 Å². The molecule has 0 saturated carbocycles. The smallest absolute Gasteiger partial charge is 0.240 e. The maximum atomic E-state index is 12.2. The van der Waals surface area contributed by atoms with Gasteiger partial charge in [-0.25, -0.2) is 9.97 Å². The number of carbonyl (C=O) groups excluding carboxylic acids is 1. The van der Waals surface area contributed by atoms with Gasteiger partial charge in [-0.2, -0.15) is 0 Å². The molecular formula is C15H21N7O2S. The minimum Gasteiger partial charge on any atom is -0.374 e. The van der Waals surface area contributed by atoms with E-state index in [9.17, 15) is 4.79 Å². The fraction of sp³-hybridized carbons (Fsp3) is 0.533. The summed E-state index contributed by atoms with van der Waals surface area (Å²) in [5.74, 6) is 0.650. The molecule has 10 heteroatoms. The first-order valence-electron chi connectivity index (χ1n) is 8.06. The van der Waals surface area contributed by atoms with E-state index in [4.69, 9.17) is 4.74 Å². The van der Waals surface area contributed by atoms with Crippen LogP contribution in [0.3, 0.4) is 0 Å². The summed E-state index contributed by atoms with van der Waals surface area (Å²) in [6, 6.07) is 1.80. The number of hydrogen-bond acceptors (Lipinski definition) is 9. The minimum absolute atomic E-state index is 0.0859. The highest BCUT2D eigenvalue weighted by Crippen LogP contribution is 2.23. The van der Waals surface area contributed by atoms with Crippen LogP contribution < -0.4 is 10.2 Å². The largest absolute Gasteiger partial charge is 0.374 e. The van der Waals surface area contributed by atoms with Crippen molar-refractivity contribution >= 4 is 28.3 Å². The summed E-state index contributed by atoms with van der Waals surface area (Å²) < 4.78 is 5.19. The van der Waals surface area contributed by atoms with E-state index < -0.39 is 0 Å². The highest BCUT2D eigenvalue weighted by atomic mass is 32.1. The normalized spacial score (nSPS) is 16.6. The summed E-state index contributed by atoms with van der Waals surface area (Å²) in [5.41, 5.74) is 0. The number of rotatable bonds is 6. The molecule has 3 rings (SSSR count). The number of methoxy groups -OCH3 is 1. The Labute approximate surface area is 150 Å². The van der Waals surface area contributed by atoms with Crippen LogP contribution >= 0.6 is 11.3 Å². The average Bonchev–Trinajstić information content (AvgIpc) is 3.10. The van der Waals surface area contributed by atoms with Gasteiger partial charge in [-0.15, -0.1) is 10.2 Å². The summed E-state index contributed by atoms with van der Waals surface area (Å²) in [4.78, 5) is 24.9. The van der Waals surface area contributed by atoms with Crippen LogP contribution in [0, 0.1) is 0 Å². The van der Waals surface area contributed by atoms with Crippen molar-refractivity contribution in [2.75, 3.05) is 50.1 Å². The second-order valence-corrected chi connectivity index (χ2v) is 6.69. The van der Waals surface area contributed by atoms with Gasteiger partial charge in [0.25, 0.3) is 0 Å². The molecule has 9 nitrogen and oxygen atoms in total. The van der Waals surface area contributed by atoms with Crippen molar-refractivity contribution in [2.24, 2.45) is 0 Å². The summed E-state index contributed by atoms with van der Waals surface area (Å²) in [7, 11) is 1.62. The molecule has 1 aliphatic heterocycles. The lowest BCUT2D eigenvalue weighted by molar-refractivity contribution is -0.117. The first-order valence-corrected chi connectivity index (χ1v) is 8.87. The van der Waals surface area contributed by atoms with Crippen LogP contribution in [0.1, 0.15) is 18.0 Å². The van der Waals surface area contributed by atoms with Gasteiger partial charge in [0.15, 0.2) is 0 Å². The van der Waals surface area contributed by atoms with E-state index in [1.165, 1.54) is 11.3 Å². The van der Waals surface area contributed by atoms with Gasteiger partial charge in [-0.1, -0.05) is 11.3 Å². The van der Waals surface area contributed by atoms with Crippen molar-refractivity contribution in [3.63, 3.8) is 0 Å². The van der Waals surface area contributed by atoms with Crippen molar-refractivity contribution in [3.05, 3.63) is 23.5 Å². The third-order valence-electron chi connectivity index (χ3n) is 3.96. The Morgan fingerprint density at radius 3 is 2.68 bits per heavy atom. The quantitative estimate of drug-likeness (QED) is 0.805. The van der Waals surface area contributed by atoms with Gasteiger partial charge < -0.3 is 9.64 Å². The molecule has 1 N–H and O–H groups in total. The van der Waals surface area contributed by atoms with Crippen molar-refractivity contribution in [1.29, 1.82) is 0 Å². The van der Waals surface area contributed by atoms with Crippen LogP contribution in [0.15, 0.2) is 18.5 Å². The number of nitrogens with zero attached hydrogens (tertiary/aromatic N) is 6. The van der Waals surface area contributed by atoms with Gasteiger partial charge in [0.1, 0.15) is 11.1 Å². The lowest BCUT2D eigenvalue weighted by Gasteiger charge is -2.34. The number of ether oxygens (including phenoxy) is 1. The van der Waals surface area contributed by atoms with Crippen LogP contribution in [0.5, 0.6) is 0 Å². The van der Waals surface area contributed by atoms with Crippen LogP contribution in [0.25, 0.3) is 0 Å². The number of nitrogens with one attached hydrogen (secondary N) is 1. The van der Waals surface area contributed by atoms with Gasteiger partial charge in [0, 0.05) is 45.7 Å². The Balaban J connectivity index is 1.45. The average molecular weight is 363 g/mol. The summed E-state index contributed by atoms with van der Waals surface area (Å²) in [5, 5.41) is 12.1. The highest BCUT2D eigenvalue weighted by molar-refractivity contribution is 7.15. The van der Waals surface area contributed by atoms with Crippen molar-refractivity contribution < 1.29 is 9.53 Å². The second-order valence-electron chi connectivity index (χ2n) is 5.68. The van der Waals surface area contributed by atoms with E-state index in [1.807, 2.05) is 6.92 Å². The van der Waals surface area contributed by atoms with E-state index in [-0.39, 0.29) is 12.0 Å². The van der Waals surface area contributed by atoms with Gasteiger partial charge in [-0.05, 0) is 13.0 Å². The molecule has 1 amide bonds. The fourth-order valence-corrected chi connectivity index (χ4v) is 3.26. The Morgan fingerprint density at radius 1 is 1.28 bits per heavy atom.